The van der Waals surface area contributed by atoms with Crippen molar-refractivity contribution >= 4 is 17.4 Å². The van der Waals surface area contributed by atoms with Crippen molar-refractivity contribution in [1.82, 2.24) is 14.9 Å². The number of nitrogens with one attached hydrogen (secondary N) is 1. The maximum atomic E-state index is 13.3. The van der Waals surface area contributed by atoms with Crippen LogP contribution >= 0.6 is 0 Å². The molecule has 0 bridgehead atoms. The number of aromatic nitrogens is 2. The second-order valence-electron chi connectivity index (χ2n) is 6.94. The highest BCUT2D eigenvalue weighted by Crippen LogP contribution is 2.21. The summed E-state index contributed by atoms with van der Waals surface area (Å²) in [5, 5.41) is 3.31. The van der Waals surface area contributed by atoms with Crippen LogP contribution in [0.1, 0.15) is 17.4 Å². The summed E-state index contributed by atoms with van der Waals surface area (Å²) in [5.41, 5.74) is 2.10. The number of likely N-dealkylation sites (N-methyl/N-ethyl adjacent to an activating group) is 1. The first kappa shape index (κ1) is 20.5. The summed E-state index contributed by atoms with van der Waals surface area (Å²) in [6.45, 7) is 4.10. The van der Waals surface area contributed by atoms with E-state index in [2.05, 4.69) is 20.2 Å². The third kappa shape index (κ3) is 5.39. The normalized spacial score (nSPS) is 10.8. The third-order valence-electron chi connectivity index (χ3n) is 4.47. The number of hydrogen-bond acceptors (Lipinski definition) is 5. The molecule has 29 heavy (non-hydrogen) atoms. The molecule has 0 aliphatic heterocycles. The number of carbonyl (C=O) groups excluding carboxylic acids is 1. The van der Waals surface area contributed by atoms with E-state index < -0.39 is 0 Å². The lowest BCUT2D eigenvalue weighted by Crippen LogP contribution is -2.31. The third-order valence-corrected chi connectivity index (χ3v) is 4.47. The predicted molar refractivity (Wildman–Crippen MR) is 118 cm³/mol. The van der Waals surface area contributed by atoms with Crippen molar-refractivity contribution in [3.63, 3.8) is 0 Å². The molecule has 0 saturated heterocycles. The van der Waals surface area contributed by atoms with Crippen LogP contribution in [-0.4, -0.2) is 54.5 Å². The lowest BCUT2D eigenvalue weighted by atomic mass is 10.2. The number of amides is 1. The Morgan fingerprint density at radius 2 is 1.62 bits per heavy atom. The van der Waals surface area contributed by atoms with Crippen molar-refractivity contribution in [2.75, 3.05) is 43.9 Å². The molecule has 6 nitrogen and oxygen atoms in total. The fourth-order valence-electron chi connectivity index (χ4n) is 2.96. The summed E-state index contributed by atoms with van der Waals surface area (Å²) in [7, 11) is 4.04. The Morgan fingerprint density at radius 1 is 0.966 bits per heavy atom. The molecule has 150 valence electrons. The molecule has 2 aromatic carbocycles. The average Bonchev–Trinajstić information content (AvgIpc) is 2.75. The number of rotatable bonds is 8. The molecule has 0 fully saturated rings. The molecule has 6 heteroatoms. The first-order valence-corrected chi connectivity index (χ1v) is 9.78. The van der Waals surface area contributed by atoms with Crippen molar-refractivity contribution in [1.29, 1.82) is 0 Å². The van der Waals surface area contributed by atoms with Crippen LogP contribution in [0.25, 0.3) is 11.4 Å². The van der Waals surface area contributed by atoms with Crippen molar-refractivity contribution in [3.8, 4) is 11.4 Å². The topological polar surface area (TPSA) is 61.4 Å². The van der Waals surface area contributed by atoms with Gasteiger partial charge in [0, 0.05) is 37.0 Å². The van der Waals surface area contributed by atoms with Gasteiger partial charge in [-0.15, -0.1) is 0 Å². The molecule has 0 aliphatic carbocycles. The molecule has 1 amide bonds. The van der Waals surface area contributed by atoms with E-state index in [4.69, 9.17) is 0 Å². The van der Waals surface area contributed by atoms with E-state index in [1.165, 1.54) is 0 Å². The number of benzene rings is 2. The zero-order chi connectivity index (χ0) is 20.6. The minimum Gasteiger partial charge on any atom is -0.369 e. The van der Waals surface area contributed by atoms with Crippen LogP contribution in [0.4, 0.5) is 11.5 Å². The highest BCUT2D eigenvalue weighted by Gasteiger charge is 2.20. The van der Waals surface area contributed by atoms with Gasteiger partial charge in [0.25, 0.3) is 5.91 Å². The fraction of sp³-hybridized carbons (Fsp3) is 0.261. The molecule has 1 aromatic heterocycles. The molecule has 0 unspecified atom stereocenters. The zero-order valence-electron chi connectivity index (χ0n) is 17.2. The van der Waals surface area contributed by atoms with Gasteiger partial charge in [-0.05, 0) is 33.2 Å². The molecule has 3 rings (SSSR count). The molecule has 0 atom stereocenters. The lowest BCUT2D eigenvalue weighted by Gasteiger charge is -2.21. The smallest absolute Gasteiger partial charge is 0.277 e. The van der Waals surface area contributed by atoms with E-state index in [0.29, 0.717) is 23.9 Å². The largest absolute Gasteiger partial charge is 0.369 e. The van der Waals surface area contributed by atoms with Crippen molar-refractivity contribution in [3.05, 3.63) is 72.4 Å². The van der Waals surface area contributed by atoms with E-state index in [-0.39, 0.29) is 5.91 Å². The Labute approximate surface area is 172 Å². The number of hydrogen-bond donors (Lipinski definition) is 1. The molecule has 0 radical (unpaired) electrons. The van der Waals surface area contributed by atoms with E-state index >= 15 is 0 Å². The van der Waals surface area contributed by atoms with Crippen LogP contribution in [0.5, 0.6) is 0 Å². The molecule has 3 aromatic rings. The summed E-state index contributed by atoms with van der Waals surface area (Å²) in [4.78, 5) is 26.3. The summed E-state index contributed by atoms with van der Waals surface area (Å²) >= 11 is 0. The Kier molecular flexibility index (Phi) is 6.92. The number of carbonyl (C=O) groups is 1. The van der Waals surface area contributed by atoms with Gasteiger partial charge in [-0.25, -0.2) is 9.97 Å². The van der Waals surface area contributed by atoms with Gasteiger partial charge in [0.05, 0.1) is 0 Å². The van der Waals surface area contributed by atoms with Gasteiger partial charge in [-0.2, -0.15) is 0 Å². The average molecular weight is 390 g/mol. The van der Waals surface area contributed by atoms with Gasteiger partial charge < -0.3 is 15.1 Å². The Hall–Kier alpha value is -3.25. The van der Waals surface area contributed by atoms with Gasteiger partial charge in [0.1, 0.15) is 11.5 Å². The van der Waals surface area contributed by atoms with E-state index in [1.807, 2.05) is 81.7 Å². The number of nitrogens with zero attached hydrogens (tertiary/aromatic N) is 4. The van der Waals surface area contributed by atoms with Crippen LogP contribution in [-0.2, 0) is 0 Å². The maximum Gasteiger partial charge on any atom is 0.277 e. The predicted octanol–water partition coefficient (Wildman–Crippen LogP) is 3.78. The Balaban J connectivity index is 1.96. The van der Waals surface area contributed by atoms with Crippen LogP contribution in [0.15, 0.2) is 66.7 Å². The summed E-state index contributed by atoms with van der Waals surface area (Å²) in [6, 6.07) is 21.1. The van der Waals surface area contributed by atoms with E-state index in [9.17, 15) is 4.79 Å². The SMILES string of the molecule is CCN(C(=O)c1cc(NCCN(C)C)nc(-c2ccccc2)n1)c1ccccc1. The first-order chi connectivity index (χ1) is 14.1. The van der Waals surface area contributed by atoms with Crippen molar-refractivity contribution < 1.29 is 4.79 Å². The second kappa shape index (κ2) is 9.80. The Morgan fingerprint density at radius 3 is 2.24 bits per heavy atom. The molecular formula is C23H27N5O. The van der Waals surface area contributed by atoms with Crippen LogP contribution < -0.4 is 10.2 Å². The monoisotopic (exact) mass is 389 g/mol. The lowest BCUT2D eigenvalue weighted by molar-refractivity contribution is 0.0983. The second-order valence-corrected chi connectivity index (χ2v) is 6.94. The van der Waals surface area contributed by atoms with Gasteiger partial charge in [-0.3, -0.25) is 4.79 Å². The molecule has 1 heterocycles. The van der Waals surface area contributed by atoms with E-state index in [1.54, 1.807) is 11.0 Å². The minimum absolute atomic E-state index is 0.144. The van der Waals surface area contributed by atoms with Crippen LogP contribution in [0.3, 0.4) is 0 Å². The van der Waals surface area contributed by atoms with E-state index in [0.717, 1.165) is 24.3 Å². The summed E-state index contributed by atoms with van der Waals surface area (Å²) in [5.74, 6) is 1.04. The molecule has 0 spiro atoms. The molecule has 1 N–H and O–H groups in total. The zero-order valence-corrected chi connectivity index (χ0v) is 17.2. The first-order valence-electron chi connectivity index (χ1n) is 9.78. The number of anilines is 2. The standard InChI is InChI=1S/C23H27N5O/c1-4-28(19-13-9-6-10-14-19)23(29)20-17-21(24-15-16-27(2)3)26-22(25-20)18-11-7-5-8-12-18/h5-14,17H,4,15-16H2,1-3H3,(H,24,25,26). The van der Waals surface area contributed by atoms with Gasteiger partial charge in [0.15, 0.2) is 5.82 Å². The van der Waals surface area contributed by atoms with Gasteiger partial charge in [-0.1, -0.05) is 48.5 Å². The summed E-state index contributed by atoms with van der Waals surface area (Å²) in [6.07, 6.45) is 0. The summed E-state index contributed by atoms with van der Waals surface area (Å²) < 4.78 is 0. The molecule has 0 aliphatic rings. The minimum atomic E-state index is -0.144. The van der Waals surface area contributed by atoms with Gasteiger partial charge >= 0.3 is 0 Å². The highest BCUT2D eigenvalue weighted by atomic mass is 16.2. The van der Waals surface area contributed by atoms with Crippen LogP contribution in [0.2, 0.25) is 0 Å². The highest BCUT2D eigenvalue weighted by molar-refractivity contribution is 6.05. The van der Waals surface area contributed by atoms with Gasteiger partial charge in [0.2, 0.25) is 0 Å². The fourth-order valence-corrected chi connectivity index (χ4v) is 2.96. The Bertz CT molecular complexity index is 929. The van der Waals surface area contributed by atoms with Crippen LogP contribution in [0, 0.1) is 0 Å². The molecular weight excluding hydrogens is 362 g/mol. The van der Waals surface area contributed by atoms with Crippen molar-refractivity contribution in [2.24, 2.45) is 0 Å². The quantitative estimate of drug-likeness (QED) is 0.635. The van der Waals surface area contributed by atoms with Crippen molar-refractivity contribution in [2.45, 2.75) is 6.92 Å². The number of para-hydroxylation sites is 1. The molecule has 0 saturated carbocycles. The maximum absolute atomic E-state index is 13.3.